The first-order valence-electron chi connectivity index (χ1n) is 7.39. The highest BCUT2D eigenvalue weighted by Gasteiger charge is 2.28. The molecule has 0 spiro atoms. The first-order chi connectivity index (χ1) is 8.74. The topological polar surface area (TPSA) is 27.7 Å². The SMILES string of the molecule is CCCOCC(CC)(CCCOC)COCCC. The van der Waals surface area contributed by atoms with Crippen LogP contribution in [0.3, 0.4) is 0 Å². The zero-order valence-electron chi connectivity index (χ0n) is 12.8. The average molecular weight is 260 g/mol. The van der Waals surface area contributed by atoms with E-state index in [9.17, 15) is 0 Å². The fourth-order valence-corrected chi connectivity index (χ4v) is 2.02. The van der Waals surface area contributed by atoms with Crippen molar-refractivity contribution in [1.29, 1.82) is 0 Å². The molecule has 0 N–H and O–H groups in total. The van der Waals surface area contributed by atoms with Crippen LogP contribution in [0.5, 0.6) is 0 Å². The average Bonchev–Trinajstić information content (AvgIpc) is 2.39. The van der Waals surface area contributed by atoms with Crippen LogP contribution in [0.15, 0.2) is 0 Å². The number of hydrogen-bond donors (Lipinski definition) is 0. The van der Waals surface area contributed by atoms with Crippen LogP contribution >= 0.6 is 0 Å². The van der Waals surface area contributed by atoms with Gasteiger partial charge in [0.2, 0.25) is 0 Å². The predicted molar refractivity (Wildman–Crippen MR) is 76.1 cm³/mol. The summed E-state index contributed by atoms with van der Waals surface area (Å²) in [5.41, 5.74) is 0.170. The number of rotatable bonds is 13. The van der Waals surface area contributed by atoms with Gasteiger partial charge in [-0.25, -0.2) is 0 Å². The van der Waals surface area contributed by atoms with E-state index in [1.807, 2.05) is 0 Å². The Hall–Kier alpha value is -0.120. The summed E-state index contributed by atoms with van der Waals surface area (Å²) >= 11 is 0. The maximum Gasteiger partial charge on any atom is 0.0544 e. The first kappa shape index (κ1) is 17.9. The highest BCUT2D eigenvalue weighted by atomic mass is 16.5. The molecule has 0 amide bonds. The van der Waals surface area contributed by atoms with Gasteiger partial charge in [-0.1, -0.05) is 20.8 Å². The van der Waals surface area contributed by atoms with Crippen molar-refractivity contribution in [3.63, 3.8) is 0 Å². The quantitative estimate of drug-likeness (QED) is 0.473. The summed E-state index contributed by atoms with van der Waals surface area (Å²) < 4.78 is 16.7. The Labute approximate surface area is 113 Å². The predicted octanol–water partition coefficient (Wildman–Crippen LogP) is 3.66. The third kappa shape index (κ3) is 8.06. The summed E-state index contributed by atoms with van der Waals surface area (Å²) in [7, 11) is 1.76. The largest absolute Gasteiger partial charge is 0.385 e. The van der Waals surface area contributed by atoms with Gasteiger partial charge in [0.15, 0.2) is 0 Å². The lowest BCUT2D eigenvalue weighted by atomic mass is 9.82. The molecule has 0 aromatic rings. The zero-order chi connectivity index (χ0) is 13.7. The van der Waals surface area contributed by atoms with Gasteiger partial charge in [-0.2, -0.15) is 0 Å². The Morgan fingerprint density at radius 2 is 1.39 bits per heavy atom. The third-order valence-electron chi connectivity index (χ3n) is 3.32. The minimum absolute atomic E-state index is 0.170. The molecule has 0 heterocycles. The summed E-state index contributed by atoms with van der Waals surface area (Å²) in [6.45, 7) is 10.7. The molecule has 0 saturated heterocycles. The number of methoxy groups -OCH3 is 1. The van der Waals surface area contributed by atoms with Gasteiger partial charge in [0.1, 0.15) is 0 Å². The van der Waals surface area contributed by atoms with Crippen LogP contribution in [0.1, 0.15) is 52.9 Å². The second kappa shape index (κ2) is 11.9. The fourth-order valence-electron chi connectivity index (χ4n) is 2.02. The van der Waals surface area contributed by atoms with Crippen LogP contribution in [0.25, 0.3) is 0 Å². The van der Waals surface area contributed by atoms with Crippen molar-refractivity contribution in [2.45, 2.75) is 52.9 Å². The van der Waals surface area contributed by atoms with E-state index >= 15 is 0 Å². The lowest BCUT2D eigenvalue weighted by Crippen LogP contribution is -2.32. The lowest BCUT2D eigenvalue weighted by Gasteiger charge is -2.32. The first-order valence-corrected chi connectivity index (χ1v) is 7.39. The normalized spacial score (nSPS) is 12.0. The highest BCUT2D eigenvalue weighted by molar-refractivity contribution is 4.78. The molecule has 0 radical (unpaired) electrons. The third-order valence-corrected chi connectivity index (χ3v) is 3.32. The van der Waals surface area contributed by atoms with Gasteiger partial charge in [0.05, 0.1) is 13.2 Å². The molecule has 0 aliphatic heterocycles. The molecule has 0 fully saturated rings. The Bertz CT molecular complexity index is 145. The van der Waals surface area contributed by atoms with Crippen LogP contribution in [-0.2, 0) is 14.2 Å². The van der Waals surface area contributed by atoms with E-state index in [1.165, 1.54) is 0 Å². The summed E-state index contributed by atoms with van der Waals surface area (Å²) in [4.78, 5) is 0. The van der Waals surface area contributed by atoms with E-state index in [0.29, 0.717) is 0 Å². The molecular weight excluding hydrogens is 228 g/mol. The molecule has 0 aromatic carbocycles. The van der Waals surface area contributed by atoms with Gasteiger partial charge in [-0.05, 0) is 32.1 Å². The maximum atomic E-state index is 5.78. The van der Waals surface area contributed by atoms with Crippen molar-refractivity contribution in [2.24, 2.45) is 5.41 Å². The van der Waals surface area contributed by atoms with Crippen molar-refractivity contribution in [3.05, 3.63) is 0 Å². The van der Waals surface area contributed by atoms with Crippen molar-refractivity contribution < 1.29 is 14.2 Å². The highest BCUT2D eigenvalue weighted by Crippen LogP contribution is 2.29. The molecule has 110 valence electrons. The Morgan fingerprint density at radius 3 is 1.78 bits per heavy atom. The van der Waals surface area contributed by atoms with Gasteiger partial charge in [0, 0.05) is 32.3 Å². The van der Waals surface area contributed by atoms with E-state index in [1.54, 1.807) is 7.11 Å². The van der Waals surface area contributed by atoms with Gasteiger partial charge < -0.3 is 14.2 Å². The summed E-state index contributed by atoms with van der Waals surface area (Å²) in [5, 5.41) is 0. The molecule has 0 bridgehead atoms. The smallest absolute Gasteiger partial charge is 0.0544 e. The van der Waals surface area contributed by atoms with Gasteiger partial charge >= 0.3 is 0 Å². The molecule has 0 rings (SSSR count). The van der Waals surface area contributed by atoms with E-state index in [2.05, 4.69) is 20.8 Å². The molecular formula is C15H32O3. The Morgan fingerprint density at radius 1 is 0.833 bits per heavy atom. The fraction of sp³-hybridized carbons (Fsp3) is 1.00. The second-order valence-corrected chi connectivity index (χ2v) is 5.06. The summed E-state index contributed by atoms with van der Waals surface area (Å²) in [6.07, 6.45) is 5.45. The molecule has 3 heteroatoms. The Kier molecular flexibility index (Phi) is 11.9. The zero-order valence-corrected chi connectivity index (χ0v) is 12.8. The molecule has 0 aliphatic rings. The van der Waals surface area contributed by atoms with Crippen LogP contribution in [-0.4, -0.2) is 40.1 Å². The summed E-state index contributed by atoms with van der Waals surface area (Å²) in [5.74, 6) is 0. The standard InChI is InChI=1S/C15H32O3/c1-5-10-17-13-15(7-3,9-8-12-16-4)14-18-11-6-2/h5-14H2,1-4H3. The van der Waals surface area contributed by atoms with Crippen LogP contribution < -0.4 is 0 Å². The van der Waals surface area contributed by atoms with E-state index in [4.69, 9.17) is 14.2 Å². The van der Waals surface area contributed by atoms with Crippen LogP contribution in [0.4, 0.5) is 0 Å². The molecule has 3 nitrogen and oxygen atoms in total. The lowest BCUT2D eigenvalue weighted by molar-refractivity contribution is -0.0329. The van der Waals surface area contributed by atoms with Crippen molar-refractivity contribution in [1.82, 2.24) is 0 Å². The van der Waals surface area contributed by atoms with Gasteiger partial charge in [0.25, 0.3) is 0 Å². The van der Waals surface area contributed by atoms with Crippen molar-refractivity contribution in [3.8, 4) is 0 Å². The van der Waals surface area contributed by atoms with Gasteiger partial charge in [-0.3, -0.25) is 0 Å². The second-order valence-electron chi connectivity index (χ2n) is 5.06. The number of hydrogen-bond acceptors (Lipinski definition) is 3. The number of ether oxygens (including phenoxy) is 3. The van der Waals surface area contributed by atoms with Crippen LogP contribution in [0, 0.1) is 5.41 Å². The monoisotopic (exact) mass is 260 g/mol. The van der Waals surface area contributed by atoms with E-state index in [-0.39, 0.29) is 5.41 Å². The minimum Gasteiger partial charge on any atom is -0.385 e. The summed E-state index contributed by atoms with van der Waals surface area (Å²) in [6, 6.07) is 0. The molecule has 0 atom stereocenters. The molecule has 0 aliphatic carbocycles. The molecule has 0 aromatic heterocycles. The van der Waals surface area contributed by atoms with Crippen molar-refractivity contribution in [2.75, 3.05) is 40.1 Å². The molecule has 18 heavy (non-hydrogen) atoms. The molecule has 0 unspecified atom stereocenters. The van der Waals surface area contributed by atoms with Crippen LogP contribution in [0.2, 0.25) is 0 Å². The van der Waals surface area contributed by atoms with E-state index < -0.39 is 0 Å². The Balaban J connectivity index is 4.20. The van der Waals surface area contributed by atoms with Crippen molar-refractivity contribution >= 4 is 0 Å². The maximum absolute atomic E-state index is 5.78. The molecule has 0 saturated carbocycles. The van der Waals surface area contributed by atoms with Gasteiger partial charge in [-0.15, -0.1) is 0 Å². The minimum atomic E-state index is 0.170. The van der Waals surface area contributed by atoms with E-state index in [0.717, 1.165) is 65.1 Å².